The van der Waals surface area contributed by atoms with Crippen LogP contribution < -0.4 is 4.90 Å². The number of anilines is 1. The molecular weight excluding hydrogens is 819 g/mol. The van der Waals surface area contributed by atoms with Crippen molar-refractivity contribution in [2.45, 2.75) is 142 Å². The number of likely N-dealkylation sites (tertiary alicyclic amines) is 2. The van der Waals surface area contributed by atoms with E-state index in [-0.39, 0.29) is 78.4 Å². The zero-order chi connectivity index (χ0) is 47.2. The lowest BCUT2D eigenvalue weighted by Gasteiger charge is -2.34. The van der Waals surface area contributed by atoms with Gasteiger partial charge in [0.1, 0.15) is 0 Å². The van der Waals surface area contributed by atoms with E-state index in [1.807, 2.05) is 52.0 Å². The number of amides is 2. The number of hydrogen-bond acceptors (Lipinski definition) is 9. The third-order valence-electron chi connectivity index (χ3n) is 14.2. The van der Waals surface area contributed by atoms with E-state index in [1.165, 1.54) is 19.8 Å². The second-order valence-electron chi connectivity index (χ2n) is 20.2. The van der Waals surface area contributed by atoms with E-state index in [1.54, 1.807) is 9.80 Å². The Morgan fingerprint density at radius 2 is 0.954 bits per heavy atom. The molecule has 3 fully saturated rings. The van der Waals surface area contributed by atoms with E-state index >= 15 is 0 Å². The van der Waals surface area contributed by atoms with Crippen LogP contribution in [-0.4, -0.2) is 84.5 Å². The van der Waals surface area contributed by atoms with Crippen LogP contribution in [0.1, 0.15) is 140 Å². The lowest BCUT2D eigenvalue weighted by molar-refractivity contribution is -0.149. The number of benzene rings is 3. The van der Waals surface area contributed by atoms with Crippen LogP contribution in [0, 0.1) is 23.7 Å². The highest BCUT2D eigenvalue weighted by Gasteiger charge is 2.41. The number of ether oxygens (including phenoxy) is 2. The molecule has 11 nitrogen and oxygen atoms in total. The molecule has 0 spiro atoms. The van der Waals surface area contributed by atoms with Gasteiger partial charge in [-0.1, -0.05) is 109 Å². The lowest BCUT2D eigenvalue weighted by atomic mass is 9.87. The summed E-state index contributed by atoms with van der Waals surface area (Å²) in [5, 5.41) is 0. The first-order chi connectivity index (χ1) is 30.9. The molecule has 3 heterocycles. The molecule has 0 N–H and O–H groups in total. The fraction of sp³-hybridized carbons (Fsp3) is 0.556. The maximum Gasteiger partial charge on any atom is 0.306 e. The van der Waals surface area contributed by atoms with Gasteiger partial charge in [-0.25, -0.2) is 0 Å². The molecule has 3 aromatic carbocycles. The monoisotopic (exact) mass is 890 g/mol. The molecule has 0 bridgehead atoms. The van der Waals surface area contributed by atoms with Crippen molar-refractivity contribution in [3.8, 4) is 0 Å². The second kappa shape index (κ2) is 21.3. The van der Waals surface area contributed by atoms with Crippen LogP contribution in [0.2, 0.25) is 0 Å². The van der Waals surface area contributed by atoms with Gasteiger partial charge in [0, 0.05) is 31.6 Å². The summed E-state index contributed by atoms with van der Waals surface area (Å²) in [6, 6.07) is 24.8. The predicted octanol–water partition coefficient (Wildman–Crippen LogP) is 8.94. The Morgan fingerprint density at radius 3 is 1.29 bits per heavy atom. The van der Waals surface area contributed by atoms with Crippen LogP contribution in [0.15, 0.2) is 72.8 Å². The first-order valence-corrected chi connectivity index (χ1v) is 23.8. The Labute approximate surface area is 386 Å². The summed E-state index contributed by atoms with van der Waals surface area (Å²) in [7, 11) is 2.65. The quantitative estimate of drug-likeness (QED) is 0.122. The minimum Gasteiger partial charge on any atom is -0.469 e. The minimum atomic E-state index is -0.531. The molecule has 350 valence electrons. The van der Waals surface area contributed by atoms with Gasteiger partial charge in [0.2, 0.25) is 11.8 Å². The second-order valence-corrected chi connectivity index (χ2v) is 20.2. The summed E-state index contributed by atoms with van der Waals surface area (Å²) < 4.78 is 9.74. The molecule has 6 atom stereocenters. The molecular formula is C54H71N3O8. The van der Waals surface area contributed by atoms with Crippen LogP contribution in [0.4, 0.5) is 5.69 Å². The van der Waals surface area contributed by atoms with E-state index in [9.17, 15) is 28.8 Å². The van der Waals surface area contributed by atoms with Crippen molar-refractivity contribution in [2.75, 3.05) is 32.2 Å². The molecule has 0 aromatic heterocycles. The summed E-state index contributed by atoms with van der Waals surface area (Å²) >= 11 is 0. The van der Waals surface area contributed by atoms with Crippen LogP contribution in [-0.2, 0) is 56.5 Å². The molecule has 6 rings (SSSR count). The number of Topliss-reactive ketones (excluding diaryl/α,β-unsaturated/α-hetero) is 2. The summed E-state index contributed by atoms with van der Waals surface area (Å²) in [6.45, 7) is 15.4. The summed E-state index contributed by atoms with van der Waals surface area (Å²) in [4.78, 5) is 85.1. The summed E-state index contributed by atoms with van der Waals surface area (Å²) in [6.07, 6.45) is 5.04. The number of nitrogens with zero attached hydrogens (tertiary/aromatic N) is 3. The molecule has 2 amide bonds. The van der Waals surface area contributed by atoms with Crippen LogP contribution >= 0.6 is 0 Å². The van der Waals surface area contributed by atoms with Gasteiger partial charge in [0.05, 0.1) is 63.1 Å². The average Bonchev–Trinajstić information content (AvgIpc) is 4.08. The number of methoxy groups -OCH3 is 2. The SMILES string of the molecule is COC(=O)C[C@H](C(=O)N1CCC[C@H]1C(=O)Cc1ccc([C@H]2CC[C@H](c3ccc(CC(=O)[C@@H]4CCCN4C(=O)[C@@H](CC(=O)OC)C(C)C)cc3)N2c2ccc(C(C)(C)C)cc2)cc1)C(C)C. The van der Waals surface area contributed by atoms with Crippen molar-refractivity contribution in [3.63, 3.8) is 0 Å². The van der Waals surface area contributed by atoms with Gasteiger partial charge < -0.3 is 24.2 Å². The Morgan fingerprint density at radius 1 is 0.569 bits per heavy atom. The van der Waals surface area contributed by atoms with Crippen molar-refractivity contribution in [1.29, 1.82) is 0 Å². The van der Waals surface area contributed by atoms with E-state index in [0.29, 0.717) is 25.9 Å². The summed E-state index contributed by atoms with van der Waals surface area (Å²) in [5.74, 6) is -2.31. The maximum absolute atomic E-state index is 13.8. The molecule has 3 aliphatic rings. The van der Waals surface area contributed by atoms with E-state index in [4.69, 9.17) is 9.47 Å². The van der Waals surface area contributed by atoms with Crippen molar-refractivity contribution >= 4 is 41.0 Å². The topological polar surface area (TPSA) is 131 Å². The molecule has 0 radical (unpaired) electrons. The van der Waals surface area contributed by atoms with E-state index in [2.05, 4.69) is 74.2 Å². The molecule has 0 unspecified atom stereocenters. The number of esters is 2. The predicted molar refractivity (Wildman–Crippen MR) is 252 cm³/mol. The molecule has 3 saturated heterocycles. The number of carbonyl (C=O) groups is 6. The normalized spacial score (nSPS) is 20.9. The number of rotatable bonds is 17. The van der Waals surface area contributed by atoms with E-state index < -0.39 is 35.9 Å². The van der Waals surface area contributed by atoms with Crippen molar-refractivity contribution in [3.05, 3.63) is 101 Å². The van der Waals surface area contributed by atoms with Crippen molar-refractivity contribution < 1.29 is 38.2 Å². The third kappa shape index (κ3) is 11.6. The Hall–Kier alpha value is -5.32. The first-order valence-electron chi connectivity index (χ1n) is 23.8. The fourth-order valence-corrected chi connectivity index (χ4v) is 10.2. The lowest BCUT2D eigenvalue weighted by Crippen LogP contribution is -2.45. The van der Waals surface area contributed by atoms with Crippen molar-refractivity contribution in [1.82, 2.24) is 9.80 Å². The van der Waals surface area contributed by atoms with Crippen LogP contribution in [0.25, 0.3) is 0 Å². The Kier molecular flexibility index (Phi) is 16.1. The van der Waals surface area contributed by atoms with Gasteiger partial charge >= 0.3 is 11.9 Å². The van der Waals surface area contributed by atoms with Gasteiger partial charge in [-0.15, -0.1) is 0 Å². The standard InChI is InChI=1S/C54H71N3O8/c1-34(2)42(32-50(60)64-8)52(62)55-28-10-12-46(55)48(58)30-36-14-18-38(19-15-36)44-26-27-45(57(44)41-24-22-40(23-25-41)54(5,6)7)39-20-16-37(17-21-39)31-49(59)47-13-11-29-56(47)53(63)43(35(3)4)33-51(61)65-9/h14-25,34-35,42-47H,10-13,26-33H2,1-9H3/t42-,43-,44+,45+,46-,47-/m0/s1. The third-order valence-corrected chi connectivity index (χ3v) is 14.2. The Balaban J connectivity index is 1.17. The van der Waals surface area contributed by atoms with Gasteiger partial charge in [-0.2, -0.15) is 0 Å². The molecule has 65 heavy (non-hydrogen) atoms. The fourth-order valence-electron chi connectivity index (χ4n) is 10.2. The maximum atomic E-state index is 13.8. The molecule has 3 aromatic rings. The Bertz CT molecular complexity index is 2030. The highest BCUT2D eigenvalue weighted by molar-refractivity contribution is 5.93. The first kappa shape index (κ1) is 49.1. The number of hydrogen-bond donors (Lipinski definition) is 0. The highest BCUT2D eigenvalue weighted by Crippen LogP contribution is 2.47. The highest BCUT2D eigenvalue weighted by atomic mass is 16.5. The van der Waals surface area contributed by atoms with Gasteiger partial charge in [0.15, 0.2) is 11.6 Å². The largest absolute Gasteiger partial charge is 0.469 e. The zero-order valence-electron chi connectivity index (χ0n) is 40.1. The molecule has 0 saturated carbocycles. The average molecular weight is 890 g/mol. The van der Waals surface area contributed by atoms with Crippen LogP contribution in [0.5, 0.6) is 0 Å². The minimum absolute atomic E-state index is 0.00315. The van der Waals surface area contributed by atoms with Gasteiger partial charge in [-0.05, 0) is 95.7 Å². The van der Waals surface area contributed by atoms with Crippen molar-refractivity contribution in [2.24, 2.45) is 23.7 Å². The number of carbonyl (C=O) groups excluding carboxylic acids is 6. The zero-order valence-corrected chi connectivity index (χ0v) is 40.1. The van der Waals surface area contributed by atoms with Gasteiger partial charge in [-0.3, -0.25) is 28.8 Å². The van der Waals surface area contributed by atoms with Crippen LogP contribution in [0.3, 0.4) is 0 Å². The molecule has 3 aliphatic heterocycles. The smallest absolute Gasteiger partial charge is 0.306 e. The molecule has 0 aliphatic carbocycles. The summed E-state index contributed by atoms with van der Waals surface area (Å²) in [5.41, 5.74) is 6.51. The number of ketones is 2. The molecule has 11 heteroatoms. The van der Waals surface area contributed by atoms with E-state index in [0.717, 1.165) is 53.6 Å². The van der Waals surface area contributed by atoms with Gasteiger partial charge in [0.25, 0.3) is 0 Å².